The third-order valence-electron chi connectivity index (χ3n) is 3.87. The van der Waals surface area contributed by atoms with Crippen LogP contribution >= 0.6 is 23.2 Å². The zero-order valence-corrected chi connectivity index (χ0v) is 18.0. The fraction of sp³-hybridized carbons (Fsp3) is 0.125. The number of benzene rings is 1. The van der Waals surface area contributed by atoms with Crippen molar-refractivity contribution in [2.45, 2.75) is 11.3 Å². The number of aromatic nitrogens is 4. The Hall–Kier alpha value is -3.07. The molecule has 0 bridgehead atoms. The Morgan fingerprint density at radius 2 is 1.84 bits per heavy atom. The molecule has 3 N–H and O–H groups in total. The van der Waals surface area contributed by atoms with Crippen molar-refractivity contribution in [2.24, 2.45) is 0 Å². The van der Waals surface area contributed by atoms with Gasteiger partial charge in [-0.3, -0.25) is 9.78 Å². The van der Waals surface area contributed by atoms with Gasteiger partial charge in [0.2, 0.25) is 15.9 Å². The van der Waals surface area contributed by atoms with Gasteiger partial charge in [0, 0.05) is 6.07 Å². The first-order valence-corrected chi connectivity index (χ1v) is 10.5. The van der Waals surface area contributed by atoms with E-state index in [1.165, 1.54) is 0 Å². The Kier molecular flexibility index (Phi) is 6.50. The number of aromatic amines is 1. The lowest BCUT2D eigenvalue weighted by Crippen LogP contribution is -2.34. The molecule has 0 amide bonds. The summed E-state index contributed by atoms with van der Waals surface area (Å²) in [7, 11) is -2.92. The van der Waals surface area contributed by atoms with Crippen LogP contribution in [0.5, 0.6) is 17.4 Å². The molecule has 2 aromatic heterocycles. The second-order valence-electron chi connectivity index (χ2n) is 5.90. The summed E-state index contributed by atoms with van der Waals surface area (Å²) in [5, 5.41) is 12.6. The number of rotatable bonds is 6. The molecule has 11 nitrogen and oxygen atoms in total. The molecular weight excluding hydrogens is 499 g/mol. The molecule has 0 unspecified atom stereocenters. The Morgan fingerprint density at radius 3 is 2.41 bits per heavy atom. The smallest absolute Gasteiger partial charge is 0.349 e. The number of hydrogen-bond donors (Lipinski definition) is 3. The number of halogens is 4. The number of nitrogens with one attached hydrogen (secondary N) is 2. The Morgan fingerprint density at radius 1 is 1.22 bits per heavy atom. The van der Waals surface area contributed by atoms with E-state index in [1.807, 2.05) is 4.72 Å². The van der Waals surface area contributed by atoms with Crippen molar-refractivity contribution >= 4 is 33.2 Å². The molecule has 1 aromatic carbocycles. The molecule has 170 valence electrons. The second kappa shape index (κ2) is 8.82. The molecule has 32 heavy (non-hydrogen) atoms. The standard InChI is InChI=1S/C16H11Cl2F2N5O6S/c1-21-32(29,30)10-4-11(22-5-9(10)26)31-13-7(17)2-6(3-8(13)18)25-16(28)23-15(27)12(24-25)14(19)20/h2-5,14,21,26H,1H3,(H,23,27,28). The first kappa shape index (κ1) is 23.6. The highest BCUT2D eigenvalue weighted by molar-refractivity contribution is 7.89. The van der Waals surface area contributed by atoms with Crippen molar-refractivity contribution in [1.82, 2.24) is 24.5 Å². The molecule has 0 saturated carbocycles. The molecule has 3 rings (SSSR count). The van der Waals surface area contributed by atoms with Crippen LogP contribution in [0.2, 0.25) is 10.0 Å². The fourth-order valence-corrected chi connectivity index (χ4v) is 3.75. The molecule has 0 atom stereocenters. The molecule has 3 aromatic rings. The van der Waals surface area contributed by atoms with E-state index < -0.39 is 44.0 Å². The van der Waals surface area contributed by atoms with Gasteiger partial charge in [-0.15, -0.1) is 0 Å². The minimum Gasteiger partial charge on any atom is -0.505 e. The molecule has 0 spiro atoms. The minimum absolute atomic E-state index is 0.174. The van der Waals surface area contributed by atoms with Crippen LogP contribution in [0, 0.1) is 0 Å². The van der Waals surface area contributed by atoms with Gasteiger partial charge in [-0.25, -0.2) is 31.7 Å². The van der Waals surface area contributed by atoms with Gasteiger partial charge in [-0.2, -0.15) is 9.78 Å². The Balaban J connectivity index is 2.05. The third-order valence-corrected chi connectivity index (χ3v) is 5.88. The number of hydrogen-bond acceptors (Lipinski definition) is 8. The first-order chi connectivity index (χ1) is 14.9. The van der Waals surface area contributed by atoms with E-state index in [0.29, 0.717) is 4.68 Å². The van der Waals surface area contributed by atoms with Gasteiger partial charge in [0.25, 0.3) is 12.0 Å². The van der Waals surface area contributed by atoms with Crippen LogP contribution in [0.3, 0.4) is 0 Å². The van der Waals surface area contributed by atoms with Crippen LogP contribution in [-0.2, 0) is 10.0 Å². The molecule has 0 fully saturated rings. The van der Waals surface area contributed by atoms with E-state index in [1.54, 1.807) is 4.98 Å². The SMILES string of the molecule is CNS(=O)(=O)c1cc(Oc2c(Cl)cc(-n3nc(C(F)F)c(=O)[nH]c3=O)cc2Cl)ncc1O. The van der Waals surface area contributed by atoms with Crippen molar-refractivity contribution in [3.05, 3.63) is 61.0 Å². The van der Waals surface area contributed by atoms with E-state index in [9.17, 15) is 31.9 Å². The quantitative estimate of drug-likeness (QED) is 0.455. The highest BCUT2D eigenvalue weighted by Crippen LogP contribution is 2.38. The number of aromatic hydroxyl groups is 1. The Labute approximate surface area is 187 Å². The van der Waals surface area contributed by atoms with Gasteiger partial charge < -0.3 is 9.84 Å². The van der Waals surface area contributed by atoms with Crippen molar-refractivity contribution in [2.75, 3.05) is 7.05 Å². The highest BCUT2D eigenvalue weighted by atomic mass is 35.5. The summed E-state index contributed by atoms with van der Waals surface area (Å²) in [5.74, 6) is -1.18. The van der Waals surface area contributed by atoms with E-state index in [0.717, 1.165) is 31.4 Å². The number of alkyl halides is 2. The summed E-state index contributed by atoms with van der Waals surface area (Å²) >= 11 is 12.3. The van der Waals surface area contributed by atoms with Crippen LogP contribution in [0.15, 0.2) is 38.9 Å². The fourth-order valence-electron chi connectivity index (χ4n) is 2.39. The van der Waals surface area contributed by atoms with E-state index in [-0.39, 0.29) is 27.4 Å². The number of pyridine rings is 1. The summed E-state index contributed by atoms with van der Waals surface area (Å²) in [6.07, 6.45) is -2.42. The summed E-state index contributed by atoms with van der Waals surface area (Å²) in [5.41, 5.74) is -3.83. The van der Waals surface area contributed by atoms with Gasteiger partial charge in [0.15, 0.2) is 17.2 Å². The first-order valence-electron chi connectivity index (χ1n) is 8.26. The topological polar surface area (TPSA) is 156 Å². The molecule has 0 aliphatic carbocycles. The molecule has 0 aliphatic heterocycles. The molecule has 16 heteroatoms. The number of H-pyrrole nitrogens is 1. The predicted molar refractivity (Wildman–Crippen MR) is 108 cm³/mol. The second-order valence-corrected chi connectivity index (χ2v) is 8.56. The van der Waals surface area contributed by atoms with Crippen LogP contribution in [0.1, 0.15) is 12.1 Å². The van der Waals surface area contributed by atoms with Gasteiger partial charge in [0.05, 0.1) is 21.9 Å². The average molecular weight is 510 g/mol. The van der Waals surface area contributed by atoms with Gasteiger partial charge in [0.1, 0.15) is 4.90 Å². The van der Waals surface area contributed by atoms with Gasteiger partial charge in [-0.1, -0.05) is 23.2 Å². The summed E-state index contributed by atoms with van der Waals surface area (Å²) in [6, 6.07) is 3.07. The van der Waals surface area contributed by atoms with Crippen molar-refractivity contribution in [3.8, 4) is 23.1 Å². The zero-order chi connectivity index (χ0) is 23.8. The lowest BCUT2D eigenvalue weighted by atomic mass is 10.3. The minimum atomic E-state index is -4.05. The van der Waals surface area contributed by atoms with Crippen LogP contribution in [0.25, 0.3) is 5.69 Å². The van der Waals surface area contributed by atoms with Gasteiger partial charge in [-0.05, 0) is 19.2 Å². The predicted octanol–water partition coefficient (Wildman–Crippen LogP) is 1.97. The maximum Gasteiger partial charge on any atom is 0.349 e. The van der Waals surface area contributed by atoms with Crippen LogP contribution in [0.4, 0.5) is 8.78 Å². The maximum absolute atomic E-state index is 12.9. The van der Waals surface area contributed by atoms with E-state index >= 15 is 0 Å². The molecule has 0 saturated heterocycles. The maximum atomic E-state index is 12.9. The zero-order valence-electron chi connectivity index (χ0n) is 15.6. The summed E-state index contributed by atoms with van der Waals surface area (Å²) in [6.45, 7) is 0. The van der Waals surface area contributed by atoms with E-state index in [4.69, 9.17) is 27.9 Å². The Bertz CT molecular complexity index is 1400. The van der Waals surface area contributed by atoms with E-state index in [2.05, 4.69) is 10.1 Å². The lowest BCUT2D eigenvalue weighted by Gasteiger charge is -2.13. The van der Waals surface area contributed by atoms with Gasteiger partial charge >= 0.3 is 5.69 Å². The summed E-state index contributed by atoms with van der Waals surface area (Å²) < 4.78 is 57.7. The van der Waals surface area contributed by atoms with Crippen LogP contribution in [-0.4, -0.2) is 40.3 Å². The molecular formula is C16H11Cl2F2N5O6S. The highest BCUT2D eigenvalue weighted by Gasteiger charge is 2.21. The van der Waals surface area contributed by atoms with Crippen LogP contribution < -0.4 is 20.7 Å². The number of nitrogens with zero attached hydrogens (tertiary/aromatic N) is 3. The molecule has 0 radical (unpaired) electrons. The number of ether oxygens (including phenoxy) is 1. The molecule has 2 heterocycles. The van der Waals surface area contributed by atoms with Crippen molar-refractivity contribution < 1.29 is 27.0 Å². The lowest BCUT2D eigenvalue weighted by molar-refractivity contribution is 0.141. The molecule has 0 aliphatic rings. The summed E-state index contributed by atoms with van der Waals surface area (Å²) in [4.78, 5) is 28.3. The monoisotopic (exact) mass is 509 g/mol. The largest absolute Gasteiger partial charge is 0.505 e. The number of sulfonamides is 1. The van der Waals surface area contributed by atoms with Crippen molar-refractivity contribution in [3.63, 3.8) is 0 Å². The van der Waals surface area contributed by atoms with Crippen molar-refractivity contribution in [1.29, 1.82) is 0 Å². The third kappa shape index (κ3) is 4.57. The normalized spacial score (nSPS) is 11.7. The average Bonchev–Trinajstić information content (AvgIpc) is 2.71.